The summed E-state index contributed by atoms with van der Waals surface area (Å²) in [6.07, 6.45) is 2.00. The van der Waals surface area contributed by atoms with Crippen molar-refractivity contribution in [1.29, 1.82) is 5.26 Å². The Hall–Kier alpha value is -2.86. The fourth-order valence-electron chi connectivity index (χ4n) is 4.25. The number of para-hydroxylation sites is 3. The smallest absolute Gasteiger partial charge is 0.657 e. The average Bonchev–Trinajstić information content (AvgIpc) is 2.83. The Labute approximate surface area is 235 Å². The molecule has 37 heavy (non-hydrogen) atoms. The van der Waals surface area contributed by atoms with Crippen LogP contribution in [0.2, 0.25) is 0 Å². The molecule has 0 aromatic heterocycles. The van der Waals surface area contributed by atoms with Crippen molar-refractivity contribution in [3.63, 3.8) is 0 Å². The van der Waals surface area contributed by atoms with Gasteiger partial charge in [-0.2, -0.15) is 5.26 Å². The zero-order valence-electron chi connectivity index (χ0n) is 23.8. The Kier molecular flexibility index (Phi) is 13.4. The van der Waals surface area contributed by atoms with Crippen LogP contribution in [0, 0.1) is 11.3 Å². The number of nitrogens with zero attached hydrogens (tertiary/aromatic N) is 3. The number of hydrogen-bond donors (Lipinski definition) is 0. The second-order valence-electron chi connectivity index (χ2n) is 10.3. The quantitative estimate of drug-likeness (QED) is 0.206. The molecule has 0 amide bonds. The van der Waals surface area contributed by atoms with Crippen molar-refractivity contribution in [1.82, 2.24) is 0 Å². The van der Waals surface area contributed by atoms with Gasteiger partial charge in [0.15, 0.2) is 0 Å². The van der Waals surface area contributed by atoms with Crippen LogP contribution in [0.1, 0.15) is 114 Å². The fraction of sp³-hybridized carbons (Fsp3) is 0.394. The molecule has 0 aliphatic rings. The summed E-state index contributed by atoms with van der Waals surface area (Å²) in [6.45, 7) is 19.3. The first-order valence-corrected chi connectivity index (χ1v) is 13.0. The molecule has 3 aromatic carbocycles. The molecule has 0 heterocycles. The van der Waals surface area contributed by atoms with E-state index in [0.29, 0.717) is 23.7 Å². The Bertz CT molecular complexity index is 1150. The van der Waals surface area contributed by atoms with Gasteiger partial charge in [0.2, 0.25) is 0 Å². The second kappa shape index (κ2) is 15.4. The molecule has 0 aliphatic heterocycles. The molecule has 3 aromatic rings. The van der Waals surface area contributed by atoms with Gasteiger partial charge in [0, 0.05) is 13.1 Å². The van der Waals surface area contributed by atoms with Gasteiger partial charge in [-0.1, -0.05) is 127 Å². The number of aliphatic imine (C=N–C) groups is 1. The molecule has 0 atom stereocenters. The van der Waals surface area contributed by atoms with Crippen LogP contribution in [0.4, 0.5) is 17.1 Å². The minimum Gasteiger partial charge on any atom is -0.657 e. The molecule has 0 saturated carbocycles. The monoisotopic (exact) mass is 543 g/mol. The third-order valence-corrected chi connectivity index (χ3v) is 6.19. The predicted octanol–water partition coefficient (Wildman–Crippen LogP) is 10.8. The van der Waals surface area contributed by atoms with Gasteiger partial charge in [0.25, 0.3) is 0 Å². The largest absolute Gasteiger partial charge is 1.00 e. The minimum atomic E-state index is 0. The predicted molar refractivity (Wildman–Crippen MR) is 157 cm³/mol. The molecule has 0 aliphatic carbocycles. The molecule has 0 saturated heterocycles. The molecule has 0 N–H and O–H groups in total. The van der Waals surface area contributed by atoms with Gasteiger partial charge in [-0.05, 0) is 40.4 Å². The second-order valence-corrected chi connectivity index (χ2v) is 10.3. The van der Waals surface area contributed by atoms with E-state index in [1.807, 2.05) is 6.21 Å². The van der Waals surface area contributed by atoms with Crippen molar-refractivity contribution < 1.29 is 17.1 Å². The first-order valence-electron chi connectivity index (χ1n) is 13.0. The van der Waals surface area contributed by atoms with Crippen molar-refractivity contribution in [3.05, 3.63) is 93.8 Å². The van der Waals surface area contributed by atoms with Crippen molar-refractivity contribution in [3.8, 4) is 6.07 Å². The van der Waals surface area contributed by atoms with Crippen LogP contribution < -0.4 is 0 Å². The number of rotatable bonds is 8. The molecule has 0 fully saturated rings. The maximum atomic E-state index is 7.32. The average molecular weight is 544 g/mol. The third-order valence-electron chi connectivity index (χ3n) is 6.19. The standard InChI is InChI=1S/C31H39N2.C2H3N.Cu/c1-20(2)25-14-11-15-26(21(3)4)30(25)32-19-24-13-9-10-18-29(24)33-31-27(22(5)6)16-12-17-28(31)23(7)8;1-2-3;/h9-23H,1-8H3;1H3;/q-1;;+1. The fourth-order valence-corrected chi connectivity index (χ4v) is 4.25. The summed E-state index contributed by atoms with van der Waals surface area (Å²) < 4.78 is 0. The molecule has 0 spiro atoms. The van der Waals surface area contributed by atoms with Crippen LogP contribution in [0.5, 0.6) is 0 Å². The summed E-state index contributed by atoms with van der Waals surface area (Å²) in [7, 11) is 0. The Morgan fingerprint density at radius 2 is 1.08 bits per heavy atom. The molecule has 0 bridgehead atoms. The van der Waals surface area contributed by atoms with E-state index in [2.05, 4.69) is 116 Å². The summed E-state index contributed by atoms with van der Waals surface area (Å²) >= 11 is 0. The molecular formula is C33H42CuN3. The van der Waals surface area contributed by atoms with Crippen LogP contribution in [-0.4, -0.2) is 6.21 Å². The number of benzene rings is 3. The van der Waals surface area contributed by atoms with Crippen LogP contribution in [0.25, 0.3) is 5.32 Å². The van der Waals surface area contributed by atoms with E-state index >= 15 is 0 Å². The normalized spacial score (nSPS) is 10.9. The van der Waals surface area contributed by atoms with Crippen molar-refractivity contribution >= 4 is 23.3 Å². The van der Waals surface area contributed by atoms with Crippen LogP contribution >= 0.6 is 0 Å². The zero-order chi connectivity index (χ0) is 26.8. The maximum absolute atomic E-state index is 7.32. The van der Waals surface area contributed by atoms with E-state index in [1.54, 1.807) is 6.07 Å². The van der Waals surface area contributed by atoms with E-state index in [4.69, 9.17) is 15.6 Å². The van der Waals surface area contributed by atoms with E-state index < -0.39 is 0 Å². The van der Waals surface area contributed by atoms with Gasteiger partial charge in [-0.3, -0.25) is 4.99 Å². The first-order chi connectivity index (χ1) is 17.1. The third kappa shape index (κ3) is 8.60. The van der Waals surface area contributed by atoms with Crippen molar-refractivity contribution in [2.75, 3.05) is 0 Å². The summed E-state index contributed by atoms with van der Waals surface area (Å²) in [6, 6.07) is 23.2. The molecule has 4 heteroatoms. The SMILES string of the molecule is CC#N.CC(C)c1cccc(C(C)C)c1N=Cc1ccccc1[N-]c1c(C(C)C)cccc1C(C)C.[Cu+]. The van der Waals surface area contributed by atoms with Crippen LogP contribution in [-0.2, 0) is 17.1 Å². The minimum absolute atomic E-state index is 0. The summed E-state index contributed by atoms with van der Waals surface area (Å²) in [5.74, 6) is 1.66. The summed E-state index contributed by atoms with van der Waals surface area (Å²) in [5, 5.41) is 12.5. The molecular weight excluding hydrogens is 502 g/mol. The van der Waals surface area contributed by atoms with Crippen LogP contribution in [0.15, 0.2) is 65.7 Å². The molecule has 200 valence electrons. The van der Waals surface area contributed by atoms with E-state index in [9.17, 15) is 0 Å². The zero-order valence-corrected chi connectivity index (χ0v) is 24.7. The Morgan fingerprint density at radius 1 is 0.676 bits per heavy atom. The Morgan fingerprint density at radius 3 is 1.51 bits per heavy atom. The van der Waals surface area contributed by atoms with Crippen molar-refractivity contribution in [2.45, 2.75) is 86.0 Å². The number of nitriles is 1. The first kappa shape index (κ1) is 32.2. The van der Waals surface area contributed by atoms with Gasteiger partial charge in [0.05, 0.1) is 11.8 Å². The molecule has 3 nitrogen and oxygen atoms in total. The molecule has 0 unspecified atom stereocenters. The van der Waals surface area contributed by atoms with Gasteiger partial charge < -0.3 is 5.32 Å². The van der Waals surface area contributed by atoms with Gasteiger partial charge in [-0.25, -0.2) is 0 Å². The molecule has 0 radical (unpaired) electrons. The maximum Gasteiger partial charge on any atom is 1.00 e. The van der Waals surface area contributed by atoms with Crippen molar-refractivity contribution in [2.24, 2.45) is 4.99 Å². The Balaban J connectivity index is 0.00000163. The summed E-state index contributed by atoms with van der Waals surface area (Å²) in [4.78, 5) is 5.05. The van der Waals surface area contributed by atoms with Gasteiger partial charge in [-0.15, -0.1) is 11.4 Å². The van der Waals surface area contributed by atoms with Crippen LogP contribution in [0.3, 0.4) is 0 Å². The summed E-state index contributed by atoms with van der Waals surface area (Å²) in [5.41, 5.74) is 9.37. The van der Waals surface area contributed by atoms with E-state index in [1.165, 1.54) is 29.2 Å². The van der Waals surface area contributed by atoms with Gasteiger partial charge in [0.1, 0.15) is 0 Å². The van der Waals surface area contributed by atoms with E-state index in [-0.39, 0.29) is 17.1 Å². The topological polar surface area (TPSA) is 50.2 Å². The number of hydrogen-bond acceptors (Lipinski definition) is 2. The van der Waals surface area contributed by atoms with Gasteiger partial charge >= 0.3 is 17.1 Å². The van der Waals surface area contributed by atoms with E-state index in [0.717, 1.165) is 22.6 Å². The molecule has 3 rings (SSSR count).